The van der Waals surface area contributed by atoms with Crippen molar-refractivity contribution in [3.63, 3.8) is 0 Å². The van der Waals surface area contributed by atoms with Crippen LogP contribution >= 0.6 is 0 Å². The van der Waals surface area contributed by atoms with Crippen molar-refractivity contribution in [1.82, 2.24) is 0 Å². The predicted octanol–water partition coefficient (Wildman–Crippen LogP) is 2.07. The average molecular weight is 477 g/mol. The van der Waals surface area contributed by atoms with Crippen molar-refractivity contribution >= 4 is 65.8 Å². The van der Waals surface area contributed by atoms with Gasteiger partial charge in [-0.2, -0.15) is 8.42 Å². The number of rotatable bonds is 14. The molecule has 0 saturated heterocycles. The van der Waals surface area contributed by atoms with Gasteiger partial charge in [0.25, 0.3) is 10.1 Å². The van der Waals surface area contributed by atoms with E-state index in [-0.39, 0.29) is 90.8 Å². The van der Waals surface area contributed by atoms with E-state index in [1.54, 1.807) is 6.92 Å². The fraction of sp³-hybridized carbons (Fsp3) is 0.632. The van der Waals surface area contributed by atoms with Crippen molar-refractivity contribution in [2.75, 3.05) is 25.6 Å². The zero-order valence-electron chi connectivity index (χ0n) is 19.9. The Morgan fingerprint density at radius 2 is 1.43 bits per heavy atom. The minimum atomic E-state index is -4.09. The third-order valence-electron chi connectivity index (χ3n) is 3.85. The number of hydrogen-bond donors (Lipinski definition) is 1. The summed E-state index contributed by atoms with van der Waals surface area (Å²) >= 11 is 0. The van der Waals surface area contributed by atoms with Crippen molar-refractivity contribution in [1.29, 1.82) is 0 Å². The first kappa shape index (κ1) is 31.2. The van der Waals surface area contributed by atoms with Gasteiger partial charge in [0, 0.05) is 11.1 Å². The number of ether oxygens (including phenoxy) is 3. The minimum absolute atomic E-state index is 0. The summed E-state index contributed by atoms with van der Waals surface area (Å²) in [7, 11) is -4.09. The molecule has 0 rings (SSSR count). The second-order valence-corrected chi connectivity index (χ2v) is 8.44. The summed E-state index contributed by atoms with van der Waals surface area (Å²) in [6, 6.07) is 0. The van der Waals surface area contributed by atoms with Gasteiger partial charge in [0.2, 0.25) is 0 Å². The van der Waals surface area contributed by atoms with E-state index in [0.717, 1.165) is 0 Å². The topological polar surface area (TPSA) is 133 Å². The molecule has 0 aromatic carbocycles. The molecule has 11 heteroatoms. The van der Waals surface area contributed by atoms with E-state index in [1.807, 2.05) is 0 Å². The fourth-order valence-electron chi connectivity index (χ4n) is 2.24. The van der Waals surface area contributed by atoms with Crippen LogP contribution in [0, 0.1) is 5.41 Å². The molecule has 0 aliphatic heterocycles. The summed E-state index contributed by atoms with van der Waals surface area (Å²) in [6.07, 6.45) is 1.02. The fourth-order valence-corrected chi connectivity index (χ4v) is 2.81. The first-order chi connectivity index (χ1) is 13.3. The van der Waals surface area contributed by atoms with E-state index < -0.39 is 39.2 Å². The molecular formula is C19H32CaO9S. The van der Waals surface area contributed by atoms with Crippen LogP contribution in [0.1, 0.15) is 49.3 Å². The molecule has 0 unspecified atom stereocenters. The van der Waals surface area contributed by atoms with Gasteiger partial charge >= 0.3 is 55.6 Å². The predicted molar refractivity (Wildman–Crippen MR) is 113 cm³/mol. The largest absolute Gasteiger partial charge is 2.00 e. The molecule has 0 fully saturated rings. The molecule has 0 aromatic rings. The maximum Gasteiger partial charge on any atom is 2.00 e. The third-order valence-corrected chi connectivity index (χ3v) is 4.65. The van der Waals surface area contributed by atoms with Crippen LogP contribution in [0.5, 0.6) is 0 Å². The molecule has 9 nitrogen and oxygen atoms in total. The van der Waals surface area contributed by atoms with E-state index in [9.17, 15) is 22.8 Å². The molecule has 0 atom stereocenters. The third kappa shape index (κ3) is 12.7. The molecule has 0 aliphatic carbocycles. The molecule has 0 aromatic heterocycles. The van der Waals surface area contributed by atoms with E-state index in [0.29, 0.717) is 6.42 Å². The van der Waals surface area contributed by atoms with Crippen LogP contribution in [0.4, 0.5) is 0 Å². The van der Waals surface area contributed by atoms with Crippen molar-refractivity contribution < 1.29 is 44.4 Å². The van der Waals surface area contributed by atoms with Crippen molar-refractivity contribution in [2.45, 2.75) is 46.5 Å². The van der Waals surface area contributed by atoms with E-state index in [2.05, 4.69) is 13.2 Å². The standard InChI is InChI=1S/C19H30O9S.Ca.2H/c1-6-9-19(12-27-16(20)14(2)3,13-28-17(21)15(4)5)18(22)26-10-7-8-11-29(23,24)25;;;/h2,4,6-13H2,1,3,5H3,(H,23,24,25);;;/q;+2;2*-1. The Balaban J connectivity index is -0.00000131. The molecule has 170 valence electrons. The Kier molecular flexibility index (Phi) is 15.6. The zero-order valence-corrected chi connectivity index (χ0v) is 20.9. The van der Waals surface area contributed by atoms with Gasteiger partial charge in [0.05, 0.1) is 12.4 Å². The molecule has 0 heterocycles. The van der Waals surface area contributed by atoms with E-state index in [4.69, 9.17) is 18.8 Å². The average Bonchev–Trinajstić information content (AvgIpc) is 2.61. The Morgan fingerprint density at radius 3 is 1.80 bits per heavy atom. The van der Waals surface area contributed by atoms with Gasteiger partial charge in [-0.05, 0) is 33.1 Å². The Hall–Kier alpha value is -0.940. The quantitative estimate of drug-likeness (QED) is 0.0998. The van der Waals surface area contributed by atoms with Crippen LogP contribution in [0.25, 0.3) is 0 Å². The van der Waals surface area contributed by atoms with Crippen molar-refractivity contribution in [2.24, 2.45) is 5.41 Å². The molecule has 0 radical (unpaired) electrons. The van der Waals surface area contributed by atoms with Gasteiger partial charge < -0.3 is 17.1 Å². The first-order valence-corrected chi connectivity index (χ1v) is 10.7. The maximum absolute atomic E-state index is 12.8. The molecular weight excluding hydrogens is 444 g/mol. The van der Waals surface area contributed by atoms with Crippen LogP contribution in [0.15, 0.2) is 24.3 Å². The summed E-state index contributed by atoms with van der Waals surface area (Å²) in [6.45, 7) is 10.8. The summed E-state index contributed by atoms with van der Waals surface area (Å²) in [4.78, 5) is 36.3. The van der Waals surface area contributed by atoms with Gasteiger partial charge in [-0.1, -0.05) is 26.5 Å². The molecule has 0 amide bonds. The van der Waals surface area contributed by atoms with Gasteiger partial charge in [0.15, 0.2) is 0 Å². The number of unbranched alkanes of at least 4 members (excludes halogenated alkanes) is 1. The molecule has 0 spiro atoms. The maximum atomic E-state index is 12.8. The SMILES string of the molecule is C=C(C)C(=O)OCC(CCC)(COC(=O)C(=C)C)C(=O)OCCCCS(=O)(=O)O.[Ca+2].[H-].[H-]. The smallest absolute Gasteiger partial charge is 1.00 e. The van der Waals surface area contributed by atoms with Gasteiger partial charge in [-0.25, -0.2) is 9.59 Å². The van der Waals surface area contributed by atoms with Gasteiger partial charge in [0.1, 0.15) is 18.6 Å². The Morgan fingerprint density at radius 1 is 0.967 bits per heavy atom. The van der Waals surface area contributed by atoms with Crippen LogP contribution in [0.2, 0.25) is 0 Å². The number of carbonyl (C=O) groups excluding carboxylic acids is 3. The van der Waals surface area contributed by atoms with Crippen LogP contribution in [-0.2, 0) is 38.7 Å². The second-order valence-electron chi connectivity index (χ2n) is 6.87. The summed E-state index contributed by atoms with van der Waals surface area (Å²) in [5, 5.41) is 0. The van der Waals surface area contributed by atoms with Crippen LogP contribution in [0.3, 0.4) is 0 Å². The number of esters is 3. The first-order valence-electron chi connectivity index (χ1n) is 9.12. The normalized spacial score (nSPS) is 11.1. The molecule has 30 heavy (non-hydrogen) atoms. The zero-order chi connectivity index (χ0) is 22.7. The summed E-state index contributed by atoms with van der Waals surface area (Å²) in [5.74, 6) is -2.58. The Labute approximate surface area is 210 Å². The second kappa shape index (κ2) is 15.0. The van der Waals surface area contributed by atoms with Crippen LogP contribution < -0.4 is 0 Å². The van der Waals surface area contributed by atoms with E-state index in [1.165, 1.54) is 13.8 Å². The van der Waals surface area contributed by atoms with Gasteiger partial charge in [-0.15, -0.1) is 0 Å². The Bertz CT molecular complexity index is 709. The van der Waals surface area contributed by atoms with Crippen molar-refractivity contribution in [3.8, 4) is 0 Å². The van der Waals surface area contributed by atoms with Crippen molar-refractivity contribution in [3.05, 3.63) is 24.3 Å². The molecule has 1 N–H and O–H groups in total. The van der Waals surface area contributed by atoms with Gasteiger partial charge in [-0.3, -0.25) is 9.35 Å². The summed E-state index contributed by atoms with van der Waals surface area (Å²) < 4.78 is 45.6. The molecule has 0 saturated carbocycles. The molecule has 0 bridgehead atoms. The van der Waals surface area contributed by atoms with E-state index >= 15 is 0 Å². The summed E-state index contributed by atoms with van der Waals surface area (Å²) in [5.41, 5.74) is -1.13. The molecule has 0 aliphatic rings. The number of hydrogen-bond acceptors (Lipinski definition) is 8. The minimum Gasteiger partial charge on any atom is -1.00 e. The number of carbonyl (C=O) groups is 3. The van der Waals surface area contributed by atoms with Crippen LogP contribution in [-0.4, -0.2) is 94.2 Å². The monoisotopic (exact) mass is 476 g/mol.